The summed E-state index contributed by atoms with van der Waals surface area (Å²) in [7, 11) is 0. The van der Waals surface area contributed by atoms with Crippen LogP contribution in [0.15, 0.2) is 54.6 Å². The van der Waals surface area contributed by atoms with Crippen LogP contribution in [0, 0.1) is 5.95 Å². The first-order chi connectivity index (χ1) is 8.83. The van der Waals surface area contributed by atoms with Gasteiger partial charge in [0.05, 0.1) is 10.9 Å². The minimum atomic E-state index is -0.515. The van der Waals surface area contributed by atoms with Gasteiger partial charge in [0.15, 0.2) is 0 Å². The smallest absolute Gasteiger partial charge is 0.230 e. The Kier molecular flexibility index (Phi) is 2.61. The fourth-order valence-corrected chi connectivity index (χ4v) is 1.74. The average molecular weight is 239 g/mol. The third-order valence-electron chi connectivity index (χ3n) is 2.59. The maximum Gasteiger partial charge on any atom is 0.230 e. The molecule has 0 aliphatic heterocycles. The maximum atomic E-state index is 13.8. The monoisotopic (exact) mass is 239 g/mol. The van der Waals surface area contributed by atoms with Crippen molar-refractivity contribution in [3.63, 3.8) is 0 Å². The molecule has 2 aromatic carbocycles. The van der Waals surface area contributed by atoms with E-state index in [2.05, 4.69) is 15.3 Å². The molecule has 3 rings (SSSR count). The molecule has 0 saturated carbocycles. The highest BCUT2D eigenvalue weighted by Gasteiger charge is 2.06. The van der Waals surface area contributed by atoms with Crippen LogP contribution in [0.1, 0.15) is 0 Å². The molecule has 1 N–H and O–H groups in total. The minimum absolute atomic E-state index is 0.261. The minimum Gasteiger partial charge on any atom is -0.324 e. The van der Waals surface area contributed by atoms with E-state index >= 15 is 0 Å². The molecular formula is C14H10FN3. The first-order valence-corrected chi connectivity index (χ1v) is 5.57. The van der Waals surface area contributed by atoms with Gasteiger partial charge in [-0.05, 0) is 24.3 Å². The first kappa shape index (κ1) is 10.7. The normalized spacial score (nSPS) is 10.5. The number of nitrogens with one attached hydrogen (secondary N) is 1. The molecule has 3 nitrogen and oxygen atoms in total. The van der Waals surface area contributed by atoms with E-state index in [-0.39, 0.29) is 5.95 Å². The average Bonchev–Trinajstić information content (AvgIpc) is 2.40. The molecule has 88 valence electrons. The zero-order valence-electron chi connectivity index (χ0n) is 9.47. The fraction of sp³-hybridized carbons (Fsp3) is 0. The van der Waals surface area contributed by atoms with Gasteiger partial charge in [-0.1, -0.05) is 30.3 Å². The Morgan fingerprint density at radius 1 is 0.833 bits per heavy atom. The summed E-state index contributed by atoms with van der Waals surface area (Å²) in [6, 6.07) is 16.4. The van der Waals surface area contributed by atoms with Crippen LogP contribution in [0.25, 0.3) is 10.9 Å². The van der Waals surface area contributed by atoms with Gasteiger partial charge in [0.25, 0.3) is 0 Å². The summed E-state index contributed by atoms with van der Waals surface area (Å²) in [4.78, 5) is 8.08. The lowest BCUT2D eigenvalue weighted by Gasteiger charge is -2.06. The lowest BCUT2D eigenvalue weighted by atomic mass is 10.2. The van der Waals surface area contributed by atoms with Gasteiger partial charge in [-0.15, -0.1) is 0 Å². The van der Waals surface area contributed by atoms with E-state index in [1.54, 1.807) is 18.2 Å². The Labute approximate surface area is 103 Å². The van der Waals surface area contributed by atoms with Crippen molar-refractivity contribution in [1.29, 1.82) is 0 Å². The third kappa shape index (κ3) is 2.00. The predicted octanol–water partition coefficient (Wildman–Crippen LogP) is 3.51. The standard InChI is InChI=1S/C14H10FN3/c15-13-11-8-4-5-9-12(11)17-14(18-13)16-10-6-2-1-3-7-10/h1-9H,(H,16,17,18). The van der Waals surface area contributed by atoms with Crippen molar-refractivity contribution in [1.82, 2.24) is 9.97 Å². The van der Waals surface area contributed by atoms with Crippen molar-refractivity contribution in [2.75, 3.05) is 5.32 Å². The van der Waals surface area contributed by atoms with Crippen LogP contribution in [0.5, 0.6) is 0 Å². The number of rotatable bonds is 2. The number of hydrogen-bond donors (Lipinski definition) is 1. The van der Waals surface area contributed by atoms with Crippen LogP contribution in [-0.4, -0.2) is 9.97 Å². The second-order valence-corrected chi connectivity index (χ2v) is 3.85. The van der Waals surface area contributed by atoms with Crippen molar-refractivity contribution in [2.24, 2.45) is 0 Å². The van der Waals surface area contributed by atoms with Gasteiger partial charge in [0.1, 0.15) is 0 Å². The molecule has 0 saturated heterocycles. The zero-order valence-corrected chi connectivity index (χ0v) is 9.47. The topological polar surface area (TPSA) is 37.8 Å². The molecule has 0 aliphatic carbocycles. The van der Waals surface area contributed by atoms with Gasteiger partial charge in [-0.3, -0.25) is 0 Å². The van der Waals surface area contributed by atoms with Gasteiger partial charge < -0.3 is 5.32 Å². The third-order valence-corrected chi connectivity index (χ3v) is 2.59. The maximum absolute atomic E-state index is 13.8. The summed E-state index contributed by atoms with van der Waals surface area (Å²) >= 11 is 0. The lowest BCUT2D eigenvalue weighted by Crippen LogP contribution is -1.99. The SMILES string of the molecule is Fc1nc(Nc2ccccc2)nc2ccccc12. The number of nitrogens with zero attached hydrogens (tertiary/aromatic N) is 2. The van der Waals surface area contributed by atoms with Crippen molar-refractivity contribution in [3.05, 3.63) is 60.5 Å². The molecule has 0 atom stereocenters. The molecule has 0 bridgehead atoms. The van der Waals surface area contributed by atoms with E-state index < -0.39 is 5.95 Å². The van der Waals surface area contributed by atoms with Crippen molar-refractivity contribution >= 4 is 22.5 Å². The molecule has 4 heteroatoms. The Bertz CT molecular complexity index is 683. The first-order valence-electron chi connectivity index (χ1n) is 5.57. The van der Waals surface area contributed by atoms with E-state index in [0.717, 1.165) is 5.69 Å². The number of benzene rings is 2. The molecule has 1 heterocycles. The second kappa shape index (κ2) is 4.41. The molecule has 3 aromatic rings. The van der Waals surface area contributed by atoms with Gasteiger partial charge in [0, 0.05) is 5.69 Å². The molecule has 0 fully saturated rings. The van der Waals surface area contributed by atoms with Gasteiger partial charge in [-0.25, -0.2) is 4.98 Å². The molecule has 18 heavy (non-hydrogen) atoms. The summed E-state index contributed by atoms with van der Waals surface area (Å²) < 4.78 is 13.8. The van der Waals surface area contributed by atoms with E-state index in [4.69, 9.17) is 0 Å². The summed E-state index contributed by atoms with van der Waals surface area (Å²) in [5.74, 6) is -0.253. The Morgan fingerprint density at radius 3 is 2.39 bits per heavy atom. The molecule has 0 unspecified atom stereocenters. The molecule has 0 amide bonds. The van der Waals surface area contributed by atoms with E-state index in [0.29, 0.717) is 10.9 Å². The largest absolute Gasteiger partial charge is 0.324 e. The van der Waals surface area contributed by atoms with Crippen molar-refractivity contribution in [2.45, 2.75) is 0 Å². The summed E-state index contributed by atoms with van der Waals surface area (Å²) in [6.07, 6.45) is 0. The molecule has 0 spiro atoms. The highest BCUT2D eigenvalue weighted by Crippen LogP contribution is 2.18. The molecule has 1 aromatic heterocycles. The Balaban J connectivity index is 2.03. The highest BCUT2D eigenvalue weighted by molar-refractivity contribution is 5.79. The van der Waals surface area contributed by atoms with Crippen LogP contribution in [0.4, 0.5) is 16.0 Å². The number of para-hydroxylation sites is 2. The number of hydrogen-bond acceptors (Lipinski definition) is 3. The van der Waals surface area contributed by atoms with Crippen LogP contribution in [0.2, 0.25) is 0 Å². The van der Waals surface area contributed by atoms with E-state index in [1.165, 1.54) is 0 Å². The van der Waals surface area contributed by atoms with Crippen LogP contribution in [0.3, 0.4) is 0 Å². The van der Waals surface area contributed by atoms with E-state index in [1.807, 2.05) is 36.4 Å². The fourth-order valence-electron chi connectivity index (χ4n) is 1.74. The van der Waals surface area contributed by atoms with Crippen LogP contribution < -0.4 is 5.32 Å². The zero-order chi connectivity index (χ0) is 12.4. The number of aromatic nitrogens is 2. The highest BCUT2D eigenvalue weighted by atomic mass is 19.1. The summed E-state index contributed by atoms with van der Waals surface area (Å²) in [5.41, 5.74) is 1.41. The van der Waals surface area contributed by atoms with Gasteiger partial charge in [-0.2, -0.15) is 9.37 Å². The Morgan fingerprint density at radius 2 is 1.56 bits per heavy atom. The quantitative estimate of drug-likeness (QED) is 0.695. The van der Waals surface area contributed by atoms with Crippen molar-refractivity contribution < 1.29 is 4.39 Å². The van der Waals surface area contributed by atoms with Crippen molar-refractivity contribution in [3.8, 4) is 0 Å². The molecular weight excluding hydrogens is 229 g/mol. The Hall–Kier alpha value is -2.49. The van der Waals surface area contributed by atoms with Crippen LogP contribution in [-0.2, 0) is 0 Å². The number of fused-ring (bicyclic) bond motifs is 1. The lowest BCUT2D eigenvalue weighted by molar-refractivity contribution is 0.596. The number of anilines is 2. The van der Waals surface area contributed by atoms with Gasteiger partial charge >= 0.3 is 0 Å². The number of halogens is 1. The molecule has 0 aliphatic rings. The summed E-state index contributed by atoms with van der Waals surface area (Å²) in [5, 5.41) is 3.40. The predicted molar refractivity (Wildman–Crippen MR) is 69.2 cm³/mol. The van der Waals surface area contributed by atoms with Crippen LogP contribution >= 0.6 is 0 Å². The van der Waals surface area contributed by atoms with Gasteiger partial charge in [0.2, 0.25) is 11.9 Å². The second-order valence-electron chi connectivity index (χ2n) is 3.85. The summed E-state index contributed by atoms with van der Waals surface area (Å²) in [6.45, 7) is 0. The van der Waals surface area contributed by atoms with E-state index in [9.17, 15) is 4.39 Å². The molecule has 0 radical (unpaired) electrons.